The van der Waals surface area contributed by atoms with Gasteiger partial charge in [0.2, 0.25) is 0 Å². The Kier molecular flexibility index (Phi) is 6.32. The summed E-state index contributed by atoms with van der Waals surface area (Å²) >= 11 is 0. The first kappa shape index (κ1) is 16.0. The van der Waals surface area contributed by atoms with Crippen molar-refractivity contribution in [2.24, 2.45) is 5.92 Å². The molecule has 2 N–H and O–H groups in total. The van der Waals surface area contributed by atoms with Crippen molar-refractivity contribution < 1.29 is 5.11 Å². The highest BCUT2D eigenvalue weighted by molar-refractivity contribution is 5.44. The van der Waals surface area contributed by atoms with Crippen LogP contribution in [-0.4, -0.2) is 37.4 Å². The molecule has 0 fully saturated rings. The van der Waals surface area contributed by atoms with Crippen LogP contribution in [0.5, 0.6) is 0 Å². The van der Waals surface area contributed by atoms with Gasteiger partial charge in [-0.05, 0) is 37.9 Å². The van der Waals surface area contributed by atoms with Crippen molar-refractivity contribution in [2.45, 2.75) is 32.8 Å². The van der Waals surface area contributed by atoms with E-state index in [0.29, 0.717) is 6.54 Å². The summed E-state index contributed by atoms with van der Waals surface area (Å²) in [5.74, 6) is 0.270. The third-order valence-corrected chi connectivity index (χ3v) is 3.77. The van der Waals surface area contributed by atoms with Crippen LogP contribution in [0.3, 0.4) is 0 Å². The first-order chi connectivity index (χ1) is 8.93. The van der Waals surface area contributed by atoms with Crippen molar-refractivity contribution in [3.05, 3.63) is 30.3 Å². The molecule has 0 bridgehead atoms. The number of nitrogens with zero attached hydrogens (tertiary/aromatic N) is 1. The Labute approximate surface area is 117 Å². The van der Waals surface area contributed by atoms with Gasteiger partial charge in [0.1, 0.15) is 0 Å². The second-order valence-corrected chi connectivity index (χ2v) is 5.80. The van der Waals surface area contributed by atoms with E-state index in [9.17, 15) is 5.11 Å². The highest BCUT2D eigenvalue weighted by atomic mass is 16.3. The zero-order valence-electron chi connectivity index (χ0n) is 12.7. The molecule has 0 aliphatic heterocycles. The quantitative estimate of drug-likeness (QED) is 0.708. The predicted molar refractivity (Wildman–Crippen MR) is 82.7 cm³/mol. The Balaban J connectivity index is 2.18. The molecule has 0 radical (unpaired) electrons. The molecule has 0 saturated heterocycles. The van der Waals surface area contributed by atoms with Crippen molar-refractivity contribution in [2.75, 3.05) is 31.6 Å². The highest BCUT2D eigenvalue weighted by Gasteiger charge is 2.23. The normalized spacial score (nSPS) is 14.4. The van der Waals surface area contributed by atoms with Crippen molar-refractivity contribution in [1.29, 1.82) is 0 Å². The summed E-state index contributed by atoms with van der Waals surface area (Å²) in [5.41, 5.74) is 0.627. The molecule has 0 spiro atoms. The van der Waals surface area contributed by atoms with Crippen LogP contribution >= 0.6 is 0 Å². The second-order valence-electron chi connectivity index (χ2n) is 5.80. The van der Waals surface area contributed by atoms with Crippen molar-refractivity contribution >= 4 is 5.69 Å². The fourth-order valence-corrected chi connectivity index (χ4v) is 1.80. The van der Waals surface area contributed by atoms with Gasteiger partial charge in [0, 0.05) is 25.8 Å². The minimum atomic E-state index is -0.620. The SMILES string of the molecule is CC(C)C(C)(O)CNCCCN(C)c1ccccc1. The summed E-state index contributed by atoms with van der Waals surface area (Å²) in [5, 5.41) is 13.4. The van der Waals surface area contributed by atoms with E-state index in [1.165, 1.54) is 5.69 Å². The van der Waals surface area contributed by atoms with Crippen LogP contribution < -0.4 is 10.2 Å². The lowest BCUT2D eigenvalue weighted by Crippen LogP contribution is -2.42. The van der Waals surface area contributed by atoms with Gasteiger partial charge in [0.15, 0.2) is 0 Å². The molecule has 1 aromatic carbocycles. The highest BCUT2D eigenvalue weighted by Crippen LogP contribution is 2.14. The molecule has 1 aromatic rings. The van der Waals surface area contributed by atoms with Gasteiger partial charge in [-0.25, -0.2) is 0 Å². The Morgan fingerprint density at radius 1 is 1.26 bits per heavy atom. The van der Waals surface area contributed by atoms with E-state index in [1.807, 2.05) is 26.8 Å². The lowest BCUT2D eigenvalue weighted by atomic mass is 9.92. The molecule has 1 rings (SSSR count). The molecule has 0 aliphatic carbocycles. The van der Waals surface area contributed by atoms with E-state index in [4.69, 9.17) is 0 Å². The number of para-hydroxylation sites is 1. The molecule has 19 heavy (non-hydrogen) atoms. The van der Waals surface area contributed by atoms with Gasteiger partial charge < -0.3 is 15.3 Å². The van der Waals surface area contributed by atoms with Crippen LogP contribution in [0, 0.1) is 5.92 Å². The Bertz CT molecular complexity index is 349. The zero-order chi connectivity index (χ0) is 14.3. The molecule has 3 nitrogen and oxygen atoms in total. The van der Waals surface area contributed by atoms with Crippen molar-refractivity contribution in [3.63, 3.8) is 0 Å². The number of hydrogen-bond acceptors (Lipinski definition) is 3. The van der Waals surface area contributed by atoms with E-state index in [1.54, 1.807) is 0 Å². The van der Waals surface area contributed by atoms with Gasteiger partial charge >= 0.3 is 0 Å². The predicted octanol–water partition coefficient (Wildman–Crippen LogP) is 2.51. The smallest absolute Gasteiger partial charge is 0.0766 e. The number of nitrogens with one attached hydrogen (secondary N) is 1. The first-order valence-corrected chi connectivity index (χ1v) is 7.13. The third kappa shape index (κ3) is 5.62. The molecule has 1 unspecified atom stereocenters. The molecule has 1 atom stereocenters. The minimum absolute atomic E-state index is 0.270. The van der Waals surface area contributed by atoms with Gasteiger partial charge in [-0.15, -0.1) is 0 Å². The first-order valence-electron chi connectivity index (χ1n) is 7.13. The van der Waals surface area contributed by atoms with E-state index >= 15 is 0 Å². The monoisotopic (exact) mass is 264 g/mol. The van der Waals surface area contributed by atoms with E-state index < -0.39 is 5.60 Å². The van der Waals surface area contributed by atoms with Crippen LogP contribution in [-0.2, 0) is 0 Å². The summed E-state index contributed by atoms with van der Waals surface area (Å²) in [6.07, 6.45) is 1.07. The van der Waals surface area contributed by atoms with Gasteiger partial charge in [-0.1, -0.05) is 32.0 Å². The number of benzene rings is 1. The van der Waals surface area contributed by atoms with Gasteiger partial charge in [-0.2, -0.15) is 0 Å². The molecule has 0 aromatic heterocycles. The number of hydrogen-bond donors (Lipinski definition) is 2. The Morgan fingerprint density at radius 3 is 2.47 bits per heavy atom. The summed E-state index contributed by atoms with van der Waals surface area (Å²) in [6, 6.07) is 10.4. The number of aliphatic hydroxyl groups is 1. The standard InChI is InChI=1S/C16H28N2O/c1-14(2)16(3,19)13-17-11-8-12-18(4)15-9-6-5-7-10-15/h5-7,9-10,14,17,19H,8,11-13H2,1-4H3. The van der Waals surface area contributed by atoms with Gasteiger partial charge in [0.25, 0.3) is 0 Å². The zero-order valence-corrected chi connectivity index (χ0v) is 12.7. The van der Waals surface area contributed by atoms with Crippen LogP contribution in [0.15, 0.2) is 30.3 Å². The maximum Gasteiger partial charge on any atom is 0.0766 e. The maximum atomic E-state index is 10.1. The molecule has 108 valence electrons. The van der Waals surface area contributed by atoms with Crippen molar-refractivity contribution in [1.82, 2.24) is 5.32 Å². The largest absolute Gasteiger partial charge is 0.389 e. The molecular weight excluding hydrogens is 236 g/mol. The molecule has 3 heteroatoms. The summed E-state index contributed by atoms with van der Waals surface area (Å²) in [7, 11) is 2.11. The summed E-state index contributed by atoms with van der Waals surface area (Å²) in [4.78, 5) is 2.25. The number of anilines is 1. The molecule has 0 saturated carbocycles. The van der Waals surface area contributed by atoms with E-state index in [0.717, 1.165) is 19.5 Å². The Morgan fingerprint density at radius 2 is 1.89 bits per heavy atom. The van der Waals surface area contributed by atoms with E-state index in [2.05, 4.69) is 41.5 Å². The van der Waals surface area contributed by atoms with Crippen LogP contribution in [0.25, 0.3) is 0 Å². The maximum absolute atomic E-state index is 10.1. The van der Waals surface area contributed by atoms with Gasteiger partial charge in [0.05, 0.1) is 5.60 Å². The second kappa shape index (κ2) is 7.51. The van der Waals surface area contributed by atoms with Crippen LogP contribution in [0.2, 0.25) is 0 Å². The number of rotatable bonds is 8. The van der Waals surface area contributed by atoms with Crippen molar-refractivity contribution in [3.8, 4) is 0 Å². The molecule has 0 aliphatic rings. The topological polar surface area (TPSA) is 35.5 Å². The Hall–Kier alpha value is -1.06. The van der Waals surface area contributed by atoms with Crippen LogP contribution in [0.1, 0.15) is 27.2 Å². The lowest BCUT2D eigenvalue weighted by molar-refractivity contribution is 0.0144. The van der Waals surface area contributed by atoms with E-state index in [-0.39, 0.29) is 5.92 Å². The molecule has 0 amide bonds. The average Bonchev–Trinajstić information content (AvgIpc) is 2.38. The lowest BCUT2D eigenvalue weighted by Gasteiger charge is -2.28. The molecule has 0 heterocycles. The fraction of sp³-hybridized carbons (Fsp3) is 0.625. The van der Waals surface area contributed by atoms with Crippen LogP contribution in [0.4, 0.5) is 5.69 Å². The minimum Gasteiger partial charge on any atom is -0.389 e. The fourth-order valence-electron chi connectivity index (χ4n) is 1.80. The van der Waals surface area contributed by atoms with Gasteiger partial charge in [-0.3, -0.25) is 0 Å². The molecular formula is C16H28N2O. The average molecular weight is 264 g/mol. The third-order valence-electron chi connectivity index (χ3n) is 3.77. The summed E-state index contributed by atoms with van der Waals surface area (Å²) < 4.78 is 0. The summed E-state index contributed by atoms with van der Waals surface area (Å²) in [6.45, 7) is 8.58.